The Balaban J connectivity index is 0. The lowest BCUT2D eigenvalue weighted by molar-refractivity contribution is -0.136. The Hall–Kier alpha value is -0.560. The van der Waals surface area contributed by atoms with E-state index in [1.807, 2.05) is 4.90 Å². The second-order valence-corrected chi connectivity index (χ2v) is 5.02. The zero-order valence-corrected chi connectivity index (χ0v) is 13.2. The number of rotatable bonds is 3. The molecule has 0 aliphatic carbocycles. The van der Waals surface area contributed by atoms with Crippen molar-refractivity contribution in [1.29, 1.82) is 0 Å². The lowest BCUT2D eigenvalue weighted by Gasteiger charge is -2.42. The van der Waals surface area contributed by atoms with Crippen LogP contribution in [0.4, 0.5) is 0 Å². The van der Waals surface area contributed by atoms with Gasteiger partial charge >= 0.3 is 0 Å². The van der Waals surface area contributed by atoms with Gasteiger partial charge in [-0.15, -0.1) is 24.8 Å². The summed E-state index contributed by atoms with van der Waals surface area (Å²) in [6, 6.07) is -0.467. The molecule has 1 aliphatic rings. The van der Waals surface area contributed by atoms with Crippen molar-refractivity contribution in [2.75, 3.05) is 26.2 Å². The van der Waals surface area contributed by atoms with Crippen molar-refractivity contribution in [2.24, 2.45) is 11.5 Å². The summed E-state index contributed by atoms with van der Waals surface area (Å²) in [6.45, 7) is 7.77. The SMILES string of the molecule is C[C@@H](N)C(=O)N1CCN(C(C)(C)C(N)=O)CC1.Cl.Cl. The van der Waals surface area contributed by atoms with Crippen LogP contribution in [0.5, 0.6) is 0 Å². The fourth-order valence-corrected chi connectivity index (χ4v) is 1.93. The third kappa shape index (κ3) is 4.80. The molecule has 0 saturated carbocycles. The van der Waals surface area contributed by atoms with Crippen LogP contribution < -0.4 is 11.5 Å². The largest absolute Gasteiger partial charge is 0.368 e. The summed E-state index contributed by atoms with van der Waals surface area (Å²) in [4.78, 5) is 26.7. The third-order valence-corrected chi connectivity index (χ3v) is 3.37. The van der Waals surface area contributed by atoms with Crippen LogP contribution in [0, 0.1) is 0 Å². The van der Waals surface area contributed by atoms with Crippen LogP contribution in [-0.4, -0.2) is 59.4 Å². The molecule has 2 amide bonds. The molecule has 114 valence electrons. The number of amides is 2. The average molecular weight is 315 g/mol. The molecule has 1 atom stereocenters. The van der Waals surface area contributed by atoms with E-state index in [-0.39, 0.29) is 36.6 Å². The van der Waals surface area contributed by atoms with Gasteiger partial charge in [0.05, 0.1) is 11.6 Å². The molecule has 0 spiro atoms. The first-order valence-corrected chi connectivity index (χ1v) is 5.86. The van der Waals surface area contributed by atoms with Gasteiger partial charge in [-0.25, -0.2) is 0 Å². The van der Waals surface area contributed by atoms with Gasteiger partial charge in [-0.2, -0.15) is 0 Å². The van der Waals surface area contributed by atoms with E-state index < -0.39 is 11.6 Å². The summed E-state index contributed by atoms with van der Waals surface area (Å²) < 4.78 is 0. The lowest BCUT2D eigenvalue weighted by Crippen LogP contribution is -2.61. The minimum Gasteiger partial charge on any atom is -0.368 e. The summed E-state index contributed by atoms with van der Waals surface area (Å²) in [6.07, 6.45) is 0. The Bertz CT molecular complexity index is 316. The second-order valence-electron chi connectivity index (χ2n) is 5.02. The first-order valence-electron chi connectivity index (χ1n) is 5.86. The van der Waals surface area contributed by atoms with Gasteiger partial charge in [0.2, 0.25) is 11.8 Å². The zero-order valence-electron chi connectivity index (χ0n) is 11.6. The van der Waals surface area contributed by atoms with Gasteiger partial charge in [-0.1, -0.05) is 0 Å². The maximum Gasteiger partial charge on any atom is 0.239 e. The first kappa shape index (κ1) is 20.8. The lowest BCUT2D eigenvalue weighted by atomic mass is 10.0. The molecule has 1 saturated heterocycles. The molecular weight excluding hydrogens is 291 g/mol. The quantitative estimate of drug-likeness (QED) is 0.740. The summed E-state index contributed by atoms with van der Waals surface area (Å²) in [5, 5.41) is 0. The first-order chi connectivity index (χ1) is 7.76. The van der Waals surface area contributed by atoms with Crippen molar-refractivity contribution < 1.29 is 9.59 Å². The highest BCUT2D eigenvalue weighted by molar-refractivity contribution is 5.85. The summed E-state index contributed by atoms with van der Waals surface area (Å²) in [5.41, 5.74) is 10.3. The normalized spacial score (nSPS) is 18.0. The molecule has 1 rings (SSSR count). The van der Waals surface area contributed by atoms with E-state index in [9.17, 15) is 9.59 Å². The van der Waals surface area contributed by atoms with Gasteiger partial charge in [-0.05, 0) is 20.8 Å². The fraction of sp³-hybridized carbons (Fsp3) is 0.818. The molecule has 0 aromatic heterocycles. The number of nitrogens with zero attached hydrogens (tertiary/aromatic N) is 2. The molecule has 1 aliphatic heterocycles. The maximum absolute atomic E-state index is 11.7. The number of piperazine rings is 1. The second kappa shape index (κ2) is 7.89. The predicted molar refractivity (Wildman–Crippen MR) is 79.6 cm³/mol. The Kier molecular flexibility index (Phi) is 8.62. The van der Waals surface area contributed by atoms with E-state index in [1.165, 1.54) is 0 Å². The van der Waals surface area contributed by atoms with Gasteiger partial charge in [0, 0.05) is 26.2 Å². The van der Waals surface area contributed by atoms with Crippen molar-refractivity contribution in [3.63, 3.8) is 0 Å². The maximum atomic E-state index is 11.7. The number of hydrogen-bond donors (Lipinski definition) is 2. The molecular formula is C11H24Cl2N4O2. The fourth-order valence-electron chi connectivity index (χ4n) is 1.93. The van der Waals surface area contributed by atoms with Crippen molar-refractivity contribution >= 4 is 36.6 Å². The highest BCUT2D eigenvalue weighted by Crippen LogP contribution is 2.16. The van der Waals surface area contributed by atoms with Crippen LogP contribution in [0.25, 0.3) is 0 Å². The van der Waals surface area contributed by atoms with Gasteiger partial charge in [0.15, 0.2) is 0 Å². The minimum absolute atomic E-state index is 0. The Morgan fingerprint density at radius 2 is 1.53 bits per heavy atom. The van der Waals surface area contributed by atoms with Gasteiger partial charge in [0.25, 0.3) is 0 Å². The Labute approximate surface area is 126 Å². The summed E-state index contributed by atoms with van der Waals surface area (Å²) in [5.74, 6) is -0.383. The number of nitrogens with two attached hydrogens (primary N) is 2. The molecule has 0 aromatic carbocycles. The van der Waals surface area contributed by atoms with Crippen LogP contribution in [0.1, 0.15) is 20.8 Å². The molecule has 8 heteroatoms. The molecule has 0 unspecified atom stereocenters. The number of carbonyl (C=O) groups is 2. The molecule has 0 radical (unpaired) electrons. The van der Waals surface area contributed by atoms with E-state index in [1.54, 1.807) is 25.7 Å². The predicted octanol–water partition coefficient (Wildman–Crippen LogP) is -0.415. The molecule has 0 bridgehead atoms. The minimum atomic E-state index is -0.663. The molecule has 6 nitrogen and oxygen atoms in total. The number of primary amides is 1. The van der Waals surface area contributed by atoms with Gasteiger partial charge < -0.3 is 16.4 Å². The highest BCUT2D eigenvalue weighted by Gasteiger charge is 2.35. The zero-order chi connectivity index (χ0) is 13.2. The average Bonchev–Trinajstić information content (AvgIpc) is 2.27. The van der Waals surface area contributed by atoms with Crippen LogP contribution >= 0.6 is 24.8 Å². The molecule has 4 N–H and O–H groups in total. The van der Waals surface area contributed by atoms with Crippen LogP contribution in [-0.2, 0) is 9.59 Å². The van der Waals surface area contributed by atoms with E-state index in [0.717, 1.165) is 0 Å². The summed E-state index contributed by atoms with van der Waals surface area (Å²) in [7, 11) is 0. The van der Waals surface area contributed by atoms with Gasteiger partial charge in [-0.3, -0.25) is 14.5 Å². The monoisotopic (exact) mass is 314 g/mol. The van der Waals surface area contributed by atoms with Gasteiger partial charge in [0.1, 0.15) is 0 Å². The van der Waals surface area contributed by atoms with Crippen LogP contribution in [0.3, 0.4) is 0 Å². The summed E-state index contributed by atoms with van der Waals surface area (Å²) >= 11 is 0. The topological polar surface area (TPSA) is 92.7 Å². The van der Waals surface area contributed by atoms with E-state index in [2.05, 4.69) is 0 Å². The molecule has 1 fully saturated rings. The van der Waals surface area contributed by atoms with Crippen molar-refractivity contribution in [3.05, 3.63) is 0 Å². The van der Waals surface area contributed by atoms with E-state index in [4.69, 9.17) is 11.5 Å². The Morgan fingerprint density at radius 3 is 1.84 bits per heavy atom. The molecule has 19 heavy (non-hydrogen) atoms. The highest BCUT2D eigenvalue weighted by atomic mass is 35.5. The van der Waals surface area contributed by atoms with Crippen molar-refractivity contribution in [2.45, 2.75) is 32.4 Å². The van der Waals surface area contributed by atoms with Crippen LogP contribution in [0.2, 0.25) is 0 Å². The Morgan fingerprint density at radius 1 is 1.11 bits per heavy atom. The number of carbonyl (C=O) groups excluding carboxylic acids is 2. The molecule has 1 heterocycles. The van der Waals surface area contributed by atoms with Crippen LogP contribution in [0.15, 0.2) is 0 Å². The smallest absolute Gasteiger partial charge is 0.239 e. The van der Waals surface area contributed by atoms with Crippen molar-refractivity contribution in [3.8, 4) is 0 Å². The van der Waals surface area contributed by atoms with Crippen molar-refractivity contribution in [1.82, 2.24) is 9.80 Å². The molecule has 0 aromatic rings. The number of halogens is 2. The standard InChI is InChI=1S/C11H22N4O2.2ClH/c1-8(12)9(16)14-4-6-15(7-5-14)11(2,3)10(13)17;;/h8H,4-7,12H2,1-3H3,(H2,13,17);2*1H/t8-;;/m1../s1. The third-order valence-electron chi connectivity index (χ3n) is 3.37. The van der Waals surface area contributed by atoms with E-state index >= 15 is 0 Å². The van der Waals surface area contributed by atoms with E-state index in [0.29, 0.717) is 26.2 Å². The number of hydrogen-bond acceptors (Lipinski definition) is 4.